The summed E-state index contributed by atoms with van der Waals surface area (Å²) < 4.78 is 17.5. The van der Waals surface area contributed by atoms with Crippen molar-refractivity contribution >= 4 is 11.6 Å². The predicted octanol–water partition coefficient (Wildman–Crippen LogP) is -0.132. The van der Waals surface area contributed by atoms with Crippen molar-refractivity contribution in [2.75, 3.05) is 0 Å². The third kappa shape index (κ3) is 3.15. The van der Waals surface area contributed by atoms with Gasteiger partial charge < -0.3 is 31.6 Å². The Bertz CT molecular complexity index is 934. The van der Waals surface area contributed by atoms with E-state index in [2.05, 4.69) is 69.4 Å². The first-order valence-electron chi connectivity index (χ1n) is 5.80. The van der Waals surface area contributed by atoms with Crippen LogP contribution in [0.4, 0.5) is 11.6 Å². The van der Waals surface area contributed by atoms with Gasteiger partial charge in [-0.1, -0.05) is 0 Å². The van der Waals surface area contributed by atoms with Crippen molar-refractivity contribution in [2.45, 2.75) is 0 Å². The van der Waals surface area contributed by atoms with Crippen LogP contribution in [0.1, 0.15) is 0 Å². The van der Waals surface area contributed by atoms with Crippen LogP contribution in [0, 0.1) is 0 Å². The minimum absolute atomic E-state index is 0. The average Bonchev–Trinajstić information content (AvgIpc) is 3.31. The molecular formula is C8H8N12O6. The number of azo groups is 1. The molecule has 18 nitrogen and oxygen atoms in total. The van der Waals surface area contributed by atoms with Crippen molar-refractivity contribution in [2.24, 2.45) is 10.2 Å². The fraction of sp³-hybridized carbons (Fsp3) is 0. The first-order chi connectivity index (χ1) is 11.7. The zero-order chi connectivity index (χ0) is 16.5. The highest BCUT2D eigenvalue weighted by Crippen LogP contribution is 2.29. The largest absolute Gasteiger partial charge is 0.528 e. The summed E-state index contributed by atoms with van der Waals surface area (Å²) in [6.07, 6.45) is -1.85. The number of rotatable bonds is 4. The van der Waals surface area contributed by atoms with Crippen LogP contribution >= 0.6 is 0 Å². The second-order valence-electron chi connectivity index (χ2n) is 3.84. The van der Waals surface area contributed by atoms with Gasteiger partial charge in [0.2, 0.25) is 34.7 Å². The molecule has 0 amide bonds. The Balaban J connectivity index is 0.00000121. The Morgan fingerprint density at radius 2 is 1.04 bits per heavy atom. The molecule has 0 aliphatic carbocycles. The lowest BCUT2D eigenvalue weighted by Crippen LogP contribution is -1.88. The Labute approximate surface area is 140 Å². The minimum atomic E-state index is -0.926. The summed E-state index contributed by atoms with van der Waals surface area (Å²) in [5.74, 6) is -0.740. The third-order valence-corrected chi connectivity index (χ3v) is 2.42. The Hall–Kier alpha value is -4.32. The molecule has 0 radical (unpaired) electrons. The Morgan fingerprint density at radius 1 is 0.615 bits per heavy atom. The maximum absolute atomic E-state index is 10.9. The number of hydrogen-bond acceptors (Lipinski definition) is 16. The second kappa shape index (κ2) is 7.06. The smallest absolute Gasteiger partial charge is 0.249 e. The van der Waals surface area contributed by atoms with E-state index in [9.17, 15) is 10.2 Å². The molecule has 8 N–H and O–H groups in total. The van der Waals surface area contributed by atoms with E-state index < -0.39 is 12.2 Å². The molecule has 4 heterocycles. The molecule has 0 aliphatic heterocycles. The van der Waals surface area contributed by atoms with Gasteiger partial charge in [-0.05, 0) is 20.6 Å². The van der Waals surface area contributed by atoms with Crippen LogP contribution in [0.3, 0.4) is 0 Å². The molecule has 0 bridgehead atoms. The summed E-state index contributed by atoms with van der Waals surface area (Å²) in [6.45, 7) is 0. The molecule has 4 rings (SSSR count). The van der Waals surface area contributed by atoms with E-state index in [0.717, 1.165) is 0 Å². The van der Waals surface area contributed by atoms with Gasteiger partial charge in [0, 0.05) is 0 Å². The normalized spacial score (nSPS) is 10.6. The fourth-order valence-corrected chi connectivity index (χ4v) is 1.49. The van der Waals surface area contributed by atoms with Crippen molar-refractivity contribution in [3.63, 3.8) is 0 Å². The third-order valence-electron chi connectivity index (χ3n) is 2.42. The van der Waals surface area contributed by atoms with E-state index in [1.807, 2.05) is 0 Å². The maximum Gasteiger partial charge on any atom is 0.249 e. The topological polar surface area (TPSA) is 300 Å². The average molecular weight is 368 g/mol. The van der Waals surface area contributed by atoms with Crippen molar-refractivity contribution in [3.05, 3.63) is 0 Å². The Morgan fingerprint density at radius 3 is 1.38 bits per heavy atom. The van der Waals surface area contributed by atoms with Crippen LogP contribution in [0.5, 0.6) is 12.2 Å². The van der Waals surface area contributed by atoms with Crippen molar-refractivity contribution in [3.8, 4) is 35.2 Å². The van der Waals surface area contributed by atoms with E-state index in [1.54, 1.807) is 0 Å². The van der Waals surface area contributed by atoms with Gasteiger partial charge in [-0.2, -0.15) is 10.3 Å². The van der Waals surface area contributed by atoms with Gasteiger partial charge in [0.25, 0.3) is 0 Å². The van der Waals surface area contributed by atoms with Crippen LogP contribution in [0.2, 0.25) is 0 Å². The van der Waals surface area contributed by atoms with Crippen molar-refractivity contribution in [1.29, 1.82) is 0 Å². The van der Waals surface area contributed by atoms with Gasteiger partial charge in [-0.25, -0.2) is 19.2 Å². The molecule has 0 saturated heterocycles. The van der Waals surface area contributed by atoms with Gasteiger partial charge in [0.15, 0.2) is 12.2 Å². The molecule has 4 aromatic heterocycles. The van der Waals surface area contributed by atoms with Gasteiger partial charge in [0.1, 0.15) is 0 Å². The molecule has 0 aromatic carbocycles. The van der Waals surface area contributed by atoms with Crippen LogP contribution in [0.25, 0.3) is 23.0 Å². The molecule has 0 aliphatic rings. The summed E-state index contributed by atoms with van der Waals surface area (Å²) in [5, 5.41) is 49.8. The van der Waals surface area contributed by atoms with E-state index in [4.69, 9.17) is 0 Å². The lowest BCUT2D eigenvalue weighted by molar-refractivity contribution is -0.304. The van der Waals surface area contributed by atoms with Crippen molar-refractivity contribution < 1.29 is 28.5 Å². The molecule has 0 fully saturated rings. The lowest BCUT2D eigenvalue weighted by Gasteiger charge is -1.88. The van der Waals surface area contributed by atoms with E-state index in [-0.39, 0.29) is 47.0 Å². The summed E-state index contributed by atoms with van der Waals surface area (Å²) in [7, 11) is 0. The fourth-order valence-electron chi connectivity index (χ4n) is 1.49. The quantitative estimate of drug-likeness (QED) is 0.443. The first-order valence-corrected chi connectivity index (χ1v) is 5.80. The Kier molecular flexibility index (Phi) is 4.90. The highest BCUT2D eigenvalue weighted by atomic mass is 16.6. The number of nitrogens with zero attached hydrogens (tertiary/aromatic N) is 10. The van der Waals surface area contributed by atoms with Crippen LogP contribution in [-0.2, 0) is 0 Å². The van der Waals surface area contributed by atoms with Crippen LogP contribution in [-0.4, -0.2) is 40.9 Å². The molecule has 136 valence electrons. The number of hydrogen-bond donors (Lipinski definition) is 2. The molecule has 0 atom stereocenters. The molecular weight excluding hydrogens is 360 g/mol. The van der Waals surface area contributed by atoms with Crippen LogP contribution in [0.15, 0.2) is 28.5 Å². The molecule has 26 heavy (non-hydrogen) atoms. The van der Waals surface area contributed by atoms with Gasteiger partial charge >= 0.3 is 0 Å². The summed E-state index contributed by atoms with van der Waals surface area (Å²) in [4.78, 5) is 6.83. The zero-order valence-corrected chi connectivity index (χ0v) is 12.9. The lowest BCUT2D eigenvalue weighted by atomic mass is 10.4. The molecule has 0 saturated carbocycles. The summed E-state index contributed by atoms with van der Waals surface area (Å²) >= 11 is 0. The minimum Gasteiger partial charge on any atom is -0.528 e. The predicted molar refractivity (Wildman–Crippen MR) is 70.2 cm³/mol. The SMILES string of the molecule is [NH4+].[NH4+].[O-]c1nc(-c2nonc2N=Nc2nonc2-c2noc([O-])n2)no1. The van der Waals surface area contributed by atoms with E-state index in [1.165, 1.54) is 0 Å². The number of aromatic nitrogens is 8. The van der Waals surface area contributed by atoms with E-state index >= 15 is 0 Å². The highest BCUT2D eigenvalue weighted by Gasteiger charge is 2.18. The van der Waals surface area contributed by atoms with Gasteiger partial charge in [0.05, 0.1) is 0 Å². The standard InChI is InChI=1S/C8H2N10O6.2H3N/c19-7-9-3(15-21-7)1-5(17-23-13-1)11-12-6-2(14-24-18-6)4-10-8(20)22-16-4;;/h(H,9,15,19)(H,10,16,20);2*1H3. The van der Waals surface area contributed by atoms with Crippen LogP contribution < -0.4 is 22.5 Å². The highest BCUT2D eigenvalue weighted by molar-refractivity contribution is 5.63. The van der Waals surface area contributed by atoms with Gasteiger partial charge in [-0.3, -0.25) is 0 Å². The molecule has 0 unspecified atom stereocenters. The second-order valence-corrected chi connectivity index (χ2v) is 3.84. The monoisotopic (exact) mass is 368 g/mol. The molecule has 0 spiro atoms. The van der Waals surface area contributed by atoms with Gasteiger partial charge in [-0.15, -0.1) is 10.2 Å². The van der Waals surface area contributed by atoms with E-state index in [0.29, 0.717) is 0 Å². The first kappa shape index (κ1) is 18.0. The summed E-state index contributed by atoms with van der Waals surface area (Å²) in [5.41, 5.74) is -0.187. The maximum atomic E-state index is 10.9. The summed E-state index contributed by atoms with van der Waals surface area (Å²) in [6, 6.07) is 0. The zero-order valence-electron chi connectivity index (χ0n) is 12.9. The number of quaternary nitrogens is 2. The van der Waals surface area contributed by atoms with Crippen molar-refractivity contribution in [1.82, 2.24) is 53.2 Å². The molecule has 18 heteroatoms. The molecule has 4 aromatic rings.